The van der Waals surface area contributed by atoms with Crippen LogP contribution in [0.2, 0.25) is 0 Å². The number of benzene rings is 2. The highest BCUT2D eigenvalue weighted by Crippen LogP contribution is 2.31. The lowest BCUT2D eigenvalue weighted by Crippen LogP contribution is -2.36. The number of fused-ring (bicyclic) bond motifs is 1. The molecule has 1 aliphatic rings. The average molecular weight is 438 g/mol. The first-order valence-electron chi connectivity index (χ1n) is 10.0. The van der Waals surface area contributed by atoms with E-state index in [1.165, 1.54) is 24.3 Å². The van der Waals surface area contributed by atoms with Gasteiger partial charge in [-0.2, -0.15) is 0 Å². The van der Waals surface area contributed by atoms with Crippen molar-refractivity contribution < 1.29 is 9.59 Å². The number of thiazole rings is 1. The van der Waals surface area contributed by atoms with Gasteiger partial charge in [-0.25, -0.2) is 4.98 Å². The molecule has 2 amide bonds. The summed E-state index contributed by atoms with van der Waals surface area (Å²) >= 11 is 3.04. The number of anilines is 1. The Balaban J connectivity index is 1.35. The quantitative estimate of drug-likeness (QED) is 0.433. The summed E-state index contributed by atoms with van der Waals surface area (Å²) in [7, 11) is 0. The lowest BCUT2D eigenvalue weighted by Gasteiger charge is -2.26. The van der Waals surface area contributed by atoms with E-state index >= 15 is 0 Å². The van der Waals surface area contributed by atoms with Gasteiger partial charge in [-0.3, -0.25) is 9.59 Å². The van der Waals surface area contributed by atoms with Crippen molar-refractivity contribution in [3.63, 3.8) is 0 Å². The van der Waals surface area contributed by atoms with Gasteiger partial charge in [-0.05, 0) is 49.1 Å². The van der Waals surface area contributed by atoms with Crippen LogP contribution in [-0.2, 0) is 9.59 Å². The molecule has 0 bridgehead atoms. The van der Waals surface area contributed by atoms with E-state index in [4.69, 9.17) is 0 Å². The highest BCUT2D eigenvalue weighted by Gasteiger charge is 2.17. The number of rotatable bonds is 6. The summed E-state index contributed by atoms with van der Waals surface area (Å²) < 4.78 is 1.87. The van der Waals surface area contributed by atoms with E-state index in [-0.39, 0.29) is 11.8 Å². The van der Waals surface area contributed by atoms with Crippen LogP contribution in [0.25, 0.3) is 16.3 Å². The fourth-order valence-corrected chi connectivity index (χ4v) is 5.33. The average Bonchev–Trinajstić information content (AvgIpc) is 3.19. The van der Waals surface area contributed by atoms with Crippen molar-refractivity contribution in [2.24, 2.45) is 0 Å². The predicted molar refractivity (Wildman–Crippen MR) is 125 cm³/mol. The van der Waals surface area contributed by atoms with Crippen molar-refractivity contribution in [1.82, 2.24) is 9.88 Å². The van der Waals surface area contributed by atoms with E-state index in [0.29, 0.717) is 5.75 Å². The number of amides is 2. The number of nitrogens with zero attached hydrogens (tertiary/aromatic N) is 2. The molecule has 1 aliphatic heterocycles. The molecular formula is C23H23N3O2S2. The van der Waals surface area contributed by atoms with Gasteiger partial charge in [0, 0.05) is 24.9 Å². The minimum Gasteiger partial charge on any atom is -0.342 e. The molecule has 1 saturated heterocycles. The van der Waals surface area contributed by atoms with Gasteiger partial charge in [-0.15, -0.1) is 11.3 Å². The molecule has 5 nitrogen and oxygen atoms in total. The molecule has 154 valence electrons. The predicted octanol–water partition coefficient (Wildman–Crippen LogP) is 5.05. The van der Waals surface area contributed by atoms with E-state index in [9.17, 15) is 9.59 Å². The molecule has 1 fully saturated rings. The Morgan fingerprint density at radius 1 is 1.10 bits per heavy atom. The zero-order valence-corrected chi connectivity index (χ0v) is 18.2. The third-order valence-electron chi connectivity index (χ3n) is 4.89. The molecule has 1 aromatic heterocycles. The number of thioether (sulfide) groups is 1. The first-order valence-corrected chi connectivity index (χ1v) is 11.8. The molecular weight excluding hydrogens is 414 g/mol. The molecule has 2 aromatic carbocycles. The van der Waals surface area contributed by atoms with Crippen LogP contribution in [0.15, 0.2) is 58.9 Å². The number of hydrogen-bond donors (Lipinski definition) is 1. The van der Waals surface area contributed by atoms with Gasteiger partial charge in [0.25, 0.3) is 0 Å². The van der Waals surface area contributed by atoms with Crippen molar-refractivity contribution in [1.29, 1.82) is 0 Å². The van der Waals surface area contributed by atoms with Gasteiger partial charge in [0.2, 0.25) is 11.8 Å². The fraction of sp³-hybridized carbons (Fsp3) is 0.261. The topological polar surface area (TPSA) is 62.3 Å². The van der Waals surface area contributed by atoms with Crippen molar-refractivity contribution in [2.45, 2.75) is 23.6 Å². The second-order valence-corrected chi connectivity index (χ2v) is 9.38. The van der Waals surface area contributed by atoms with Crippen LogP contribution in [0.5, 0.6) is 0 Å². The SMILES string of the molecule is O=C(/C=C/c1ccccc1)Nc1ccc2nc(SCC(=O)N3CCCCC3)sc2c1. The maximum Gasteiger partial charge on any atom is 0.248 e. The standard InChI is InChI=1S/C23H23N3O2S2/c27-21(12-9-17-7-3-1-4-8-17)24-18-10-11-19-20(15-18)30-23(25-19)29-16-22(28)26-13-5-2-6-14-26/h1,3-4,7-12,15H,2,5-6,13-14,16H2,(H,24,27)/b12-9+. The first-order chi connectivity index (χ1) is 14.7. The number of carbonyl (C=O) groups excluding carboxylic acids is 2. The molecule has 30 heavy (non-hydrogen) atoms. The molecule has 2 heterocycles. The summed E-state index contributed by atoms with van der Waals surface area (Å²) in [4.78, 5) is 31.1. The molecule has 0 radical (unpaired) electrons. The van der Waals surface area contributed by atoms with E-state index < -0.39 is 0 Å². The Labute approximate surface area is 184 Å². The maximum atomic E-state index is 12.4. The Morgan fingerprint density at radius 3 is 2.70 bits per heavy atom. The molecule has 7 heteroatoms. The number of piperidine rings is 1. The van der Waals surface area contributed by atoms with Crippen molar-refractivity contribution >= 4 is 56.9 Å². The normalized spacial score (nSPS) is 14.3. The van der Waals surface area contributed by atoms with Crippen molar-refractivity contribution in [3.05, 3.63) is 60.2 Å². The Bertz CT molecular complexity index is 1060. The van der Waals surface area contributed by atoms with E-state index in [2.05, 4.69) is 10.3 Å². The van der Waals surface area contributed by atoms with Gasteiger partial charge in [0.1, 0.15) is 0 Å². The summed E-state index contributed by atoms with van der Waals surface area (Å²) in [6.07, 6.45) is 6.74. The number of nitrogens with one attached hydrogen (secondary N) is 1. The summed E-state index contributed by atoms with van der Waals surface area (Å²) in [5, 5.41) is 2.89. The number of likely N-dealkylation sites (tertiary alicyclic amines) is 1. The maximum absolute atomic E-state index is 12.4. The summed E-state index contributed by atoms with van der Waals surface area (Å²) in [5.74, 6) is 0.440. The molecule has 1 N–H and O–H groups in total. The van der Waals surface area contributed by atoms with Crippen LogP contribution >= 0.6 is 23.1 Å². The van der Waals surface area contributed by atoms with E-state index in [1.54, 1.807) is 17.4 Å². The lowest BCUT2D eigenvalue weighted by molar-refractivity contribution is -0.129. The molecule has 0 aliphatic carbocycles. The first kappa shape index (κ1) is 20.6. The minimum atomic E-state index is -0.176. The molecule has 4 rings (SSSR count). The summed E-state index contributed by atoms with van der Waals surface area (Å²) in [6.45, 7) is 1.75. The van der Waals surface area contributed by atoms with Crippen molar-refractivity contribution in [3.8, 4) is 0 Å². The van der Waals surface area contributed by atoms with Crippen LogP contribution in [0, 0.1) is 0 Å². The zero-order valence-electron chi connectivity index (χ0n) is 16.5. The third kappa shape index (κ3) is 5.49. The third-order valence-corrected chi connectivity index (χ3v) is 7.04. The number of hydrogen-bond acceptors (Lipinski definition) is 5. The number of aromatic nitrogens is 1. The molecule has 0 atom stereocenters. The number of carbonyl (C=O) groups is 2. The second-order valence-electron chi connectivity index (χ2n) is 7.13. The monoisotopic (exact) mass is 437 g/mol. The van der Waals surface area contributed by atoms with Crippen LogP contribution < -0.4 is 5.32 Å². The zero-order chi connectivity index (χ0) is 20.8. The van der Waals surface area contributed by atoms with Gasteiger partial charge < -0.3 is 10.2 Å². The molecule has 0 unspecified atom stereocenters. The Hall–Kier alpha value is -2.64. The van der Waals surface area contributed by atoms with Crippen LogP contribution in [0.4, 0.5) is 5.69 Å². The Morgan fingerprint density at radius 2 is 1.90 bits per heavy atom. The fourth-order valence-electron chi connectivity index (χ4n) is 3.32. The van der Waals surface area contributed by atoms with Crippen LogP contribution in [0.3, 0.4) is 0 Å². The molecule has 3 aromatic rings. The smallest absolute Gasteiger partial charge is 0.248 e. The van der Waals surface area contributed by atoms with E-state index in [0.717, 1.165) is 51.7 Å². The largest absolute Gasteiger partial charge is 0.342 e. The Kier molecular flexibility index (Phi) is 6.81. The molecule has 0 saturated carbocycles. The second kappa shape index (κ2) is 9.91. The minimum absolute atomic E-state index is 0.176. The van der Waals surface area contributed by atoms with Gasteiger partial charge in [-0.1, -0.05) is 42.1 Å². The summed E-state index contributed by atoms with van der Waals surface area (Å²) in [5.41, 5.74) is 2.59. The van der Waals surface area contributed by atoms with E-state index in [1.807, 2.05) is 53.4 Å². The van der Waals surface area contributed by atoms with Gasteiger partial charge in [0.05, 0.1) is 16.0 Å². The highest BCUT2D eigenvalue weighted by molar-refractivity contribution is 8.01. The lowest BCUT2D eigenvalue weighted by atomic mass is 10.1. The molecule has 0 spiro atoms. The van der Waals surface area contributed by atoms with Crippen LogP contribution in [-0.4, -0.2) is 40.5 Å². The van der Waals surface area contributed by atoms with Crippen LogP contribution in [0.1, 0.15) is 24.8 Å². The van der Waals surface area contributed by atoms with Crippen molar-refractivity contribution in [2.75, 3.05) is 24.2 Å². The van der Waals surface area contributed by atoms with Gasteiger partial charge in [0.15, 0.2) is 4.34 Å². The summed E-state index contributed by atoms with van der Waals surface area (Å²) in [6, 6.07) is 15.4. The van der Waals surface area contributed by atoms with Gasteiger partial charge >= 0.3 is 0 Å². The highest BCUT2D eigenvalue weighted by atomic mass is 32.2.